The Morgan fingerprint density at radius 2 is 1.55 bits per heavy atom. The lowest BCUT2D eigenvalue weighted by Crippen LogP contribution is -2.39. The van der Waals surface area contributed by atoms with Crippen LogP contribution in [0.15, 0.2) is 72.8 Å². The fraction of sp³-hybridized carbons (Fsp3) is 0.345. The van der Waals surface area contributed by atoms with Gasteiger partial charge in [0.15, 0.2) is 0 Å². The second-order valence-corrected chi connectivity index (χ2v) is 10.2. The lowest BCUT2D eigenvalue weighted by Gasteiger charge is -2.36. The Bertz CT molecular complexity index is 1220. The highest BCUT2D eigenvalue weighted by Gasteiger charge is 2.32. The van der Waals surface area contributed by atoms with Crippen LogP contribution in [-0.4, -0.2) is 34.0 Å². The van der Waals surface area contributed by atoms with Crippen LogP contribution in [0.4, 0.5) is 0 Å². The Labute approximate surface area is 200 Å². The predicted octanol–water partition coefficient (Wildman–Crippen LogP) is 7.40. The van der Waals surface area contributed by atoms with Crippen LogP contribution in [0, 0.1) is 0 Å². The molecule has 1 aromatic heterocycles. The molecule has 6 rings (SSSR count). The average molecular weight is 456 g/mol. The van der Waals surface area contributed by atoms with Gasteiger partial charge in [-0.15, -0.1) is 0 Å². The van der Waals surface area contributed by atoms with Gasteiger partial charge in [0.05, 0.1) is 11.0 Å². The van der Waals surface area contributed by atoms with Crippen molar-refractivity contribution in [2.75, 3.05) is 13.1 Å². The first-order chi connectivity index (χ1) is 16.2. The maximum Gasteiger partial charge on any atom is 0.138 e. The molecule has 2 fully saturated rings. The first-order valence-electron chi connectivity index (χ1n) is 12.3. The molecule has 1 N–H and O–H groups in total. The molecule has 1 saturated heterocycles. The highest BCUT2D eigenvalue weighted by molar-refractivity contribution is 6.31. The summed E-state index contributed by atoms with van der Waals surface area (Å²) in [6.07, 6.45) is 6.50. The van der Waals surface area contributed by atoms with E-state index in [0.29, 0.717) is 5.92 Å². The summed E-state index contributed by atoms with van der Waals surface area (Å²) in [6, 6.07) is 26.7. The number of nitrogens with zero attached hydrogens (tertiary/aromatic N) is 2. The molecule has 1 saturated carbocycles. The zero-order chi connectivity index (χ0) is 22.2. The largest absolute Gasteiger partial charge is 0.338 e. The van der Waals surface area contributed by atoms with Crippen LogP contribution < -0.4 is 0 Å². The molecule has 0 spiro atoms. The molecule has 2 unspecified atom stereocenters. The summed E-state index contributed by atoms with van der Waals surface area (Å²) >= 11 is 6.12. The number of benzene rings is 3. The van der Waals surface area contributed by atoms with Gasteiger partial charge in [0.25, 0.3) is 0 Å². The Kier molecular flexibility index (Phi) is 5.69. The van der Waals surface area contributed by atoms with E-state index in [1.165, 1.54) is 56.3 Å². The minimum Gasteiger partial charge on any atom is -0.338 e. The molecule has 168 valence electrons. The van der Waals surface area contributed by atoms with Crippen LogP contribution in [-0.2, 0) is 0 Å². The zero-order valence-corrected chi connectivity index (χ0v) is 19.6. The van der Waals surface area contributed by atoms with Gasteiger partial charge >= 0.3 is 0 Å². The van der Waals surface area contributed by atoms with E-state index in [4.69, 9.17) is 16.6 Å². The third-order valence-corrected chi connectivity index (χ3v) is 8.06. The van der Waals surface area contributed by atoms with E-state index in [2.05, 4.69) is 64.5 Å². The monoisotopic (exact) mass is 455 g/mol. The number of aromatic nitrogens is 2. The third-order valence-electron chi connectivity index (χ3n) is 7.82. The van der Waals surface area contributed by atoms with Crippen molar-refractivity contribution in [2.45, 2.75) is 50.0 Å². The topological polar surface area (TPSA) is 31.9 Å². The number of aromatic amines is 1. The molecule has 2 atom stereocenters. The lowest BCUT2D eigenvalue weighted by molar-refractivity contribution is 0.153. The van der Waals surface area contributed by atoms with Gasteiger partial charge in [-0.1, -0.05) is 66.2 Å². The predicted molar refractivity (Wildman–Crippen MR) is 137 cm³/mol. The fourth-order valence-electron chi connectivity index (χ4n) is 5.95. The van der Waals surface area contributed by atoms with E-state index in [9.17, 15) is 0 Å². The third kappa shape index (κ3) is 4.32. The van der Waals surface area contributed by atoms with E-state index >= 15 is 0 Å². The molecule has 1 aliphatic heterocycles. The molecule has 0 bridgehead atoms. The van der Waals surface area contributed by atoms with Crippen molar-refractivity contribution in [1.82, 2.24) is 14.9 Å². The number of rotatable bonds is 4. The van der Waals surface area contributed by atoms with Crippen molar-refractivity contribution in [3.63, 3.8) is 0 Å². The maximum absolute atomic E-state index is 6.12. The van der Waals surface area contributed by atoms with Crippen LogP contribution in [0.5, 0.6) is 0 Å². The molecule has 1 aliphatic carbocycles. The van der Waals surface area contributed by atoms with Gasteiger partial charge in [-0.05, 0) is 86.4 Å². The summed E-state index contributed by atoms with van der Waals surface area (Å²) in [5.41, 5.74) is 6.06. The standard InChI is InChI=1S/C29H30ClN3/c30-25-11-13-27-28(19-25)32-29(31-27)23-8-6-21(7-9-23)24-10-12-26(18-24)33-16-14-22(15-17-33)20-4-2-1-3-5-20/h1-9,11,13,19,22,24,26H,10,12,14-18H2,(H,31,32). The molecule has 2 aliphatic rings. The van der Waals surface area contributed by atoms with E-state index < -0.39 is 0 Å². The number of H-pyrrole nitrogens is 1. The van der Waals surface area contributed by atoms with Crippen molar-refractivity contribution in [3.05, 3.63) is 88.9 Å². The Morgan fingerprint density at radius 1 is 0.788 bits per heavy atom. The number of fused-ring (bicyclic) bond motifs is 1. The molecule has 33 heavy (non-hydrogen) atoms. The summed E-state index contributed by atoms with van der Waals surface area (Å²) in [5.74, 6) is 2.32. The SMILES string of the molecule is Clc1ccc2nc(-c3ccc(C4CCC(N5CCC(c6ccccc6)CC5)C4)cc3)[nH]c2c1. The number of halogens is 1. The highest BCUT2D eigenvalue weighted by atomic mass is 35.5. The fourth-order valence-corrected chi connectivity index (χ4v) is 6.12. The van der Waals surface area contributed by atoms with Crippen LogP contribution in [0.2, 0.25) is 5.02 Å². The molecule has 3 nitrogen and oxygen atoms in total. The number of likely N-dealkylation sites (tertiary alicyclic amines) is 1. The first kappa shape index (κ1) is 20.9. The molecule has 4 heteroatoms. The quantitative estimate of drug-likeness (QED) is 0.347. The van der Waals surface area contributed by atoms with E-state index in [1.54, 1.807) is 0 Å². The number of hydrogen-bond donors (Lipinski definition) is 1. The molecule has 4 aromatic rings. The summed E-state index contributed by atoms with van der Waals surface area (Å²) in [6.45, 7) is 2.48. The van der Waals surface area contributed by atoms with Crippen LogP contribution in [0.25, 0.3) is 22.4 Å². The normalized spacial score (nSPS) is 22.2. The second kappa shape index (κ2) is 8.96. The smallest absolute Gasteiger partial charge is 0.138 e. The summed E-state index contributed by atoms with van der Waals surface area (Å²) in [7, 11) is 0. The minimum atomic E-state index is 0.672. The van der Waals surface area contributed by atoms with Gasteiger partial charge in [0.1, 0.15) is 5.82 Å². The second-order valence-electron chi connectivity index (χ2n) is 9.75. The molecular weight excluding hydrogens is 426 g/mol. The zero-order valence-electron chi connectivity index (χ0n) is 18.9. The van der Waals surface area contributed by atoms with Crippen LogP contribution in [0.1, 0.15) is 55.1 Å². The highest BCUT2D eigenvalue weighted by Crippen LogP contribution is 2.39. The van der Waals surface area contributed by atoms with Crippen molar-refractivity contribution in [3.8, 4) is 11.4 Å². The summed E-state index contributed by atoms with van der Waals surface area (Å²) in [5, 5.41) is 0.730. The van der Waals surface area contributed by atoms with Crippen LogP contribution >= 0.6 is 11.6 Å². The van der Waals surface area contributed by atoms with Crippen molar-refractivity contribution >= 4 is 22.6 Å². The molecule has 0 radical (unpaired) electrons. The Morgan fingerprint density at radius 3 is 2.33 bits per heavy atom. The number of imidazole rings is 1. The van der Waals surface area contributed by atoms with E-state index in [-0.39, 0.29) is 0 Å². The van der Waals surface area contributed by atoms with Gasteiger partial charge < -0.3 is 9.88 Å². The van der Waals surface area contributed by atoms with E-state index in [0.717, 1.165) is 39.4 Å². The molecule has 0 amide bonds. The van der Waals surface area contributed by atoms with Gasteiger partial charge in [0, 0.05) is 16.6 Å². The summed E-state index contributed by atoms with van der Waals surface area (Å²) in [4.78, 5) is 10.9. The molecule has 3 aromatic carbocycles. The Hall–Kier alpha value is -2.62. The van der Waals surface area contributed by atoms with Gasteiger partial charge in [-0.3, -0.25) is 0 Å². The lowest BCUT2D eigenvalue weighted by atomic mass is 9.88. The Balaban J connectivity index is 1.08. The van der Waals surface area contributed by atoms with E-state index in [1.807, 2.05) is 18.2 Å². The number of nitrogens with one attached hydrogen (secondary N) is 1. The minimum absolute atomic E-state index is 0.672. The van der Waals surface area contributed by atoms with Crippen molar-refractivity contribution in [1.29, 1.82) is 0 Å². The summed E-state index contributed by atoms with van der Waals surface area (Å²) < 4.78 is 0. The molecular formula is C29H30ClN3. The number of hydrogen-bond acceptors (Lipinski definition) is 2. The molecule has 2 heterocycles. The van der Waals surface area contributed by atoms with Gasteiger partial charge in [-0.25, -0.2) is 4.98 Å². The number of piperidine rings is 1. The average Bonchev–Trinajstić information content (AvgIpc) is 3.52. The van der Waals surface area contributed by atoms with Gasteiger partial charge in [-0.2, -0.15) is 0 Å². The van der Waals surface area contributed by atoms with Crippen molar-refractivity contribution in [2.24, 2.45) is 0 Å². The first-order valence-corrected chi connectivity index (χ1v) is 12.7. The van der Waals surface area contributed by atoms with Crippen molar-refractivity contribution < 1.29 is 0 Å². The maximum atomic E-state index is 6.12. The van der Waals surface area contributed by atoms with Gasteiger partial charge in [0.2, 0.25) is 0 Å². The van der Waals surface area contributed by atoms with Crippen LogP contribution in [0.3, 0.4) is 0 Å².